The smallest absolute Gasteiger partial charge is 0.312 e. The zero-order valence-electron chi connectivity index (χ0n) is 14.6. The van der Waals surface area contributed by atoms with Crippen molar-refractivity contribution in [2.24, 2.45) is 11.3 Å². The number of likely N-dealkylation sites (tertiary alicyclic amines) is 1. The first-order valence-electron chi connectivity index (χ1n) is 8.73. The fourth-order valence-corrected chi connectivity index (χ4v) is 3.43. The fourth-order valence-electron chi connectivity index (χ4n) is 3.43. The van der Waals surface area contributed by atoms with E-state index >= 15 is 0 Å². The average molecular weight is 309 g/mol. The molecule has 1 amide bonds. The molecule has 2 fully saturated rings. The lowest BCUT2D eigenvalue weighted by Crippen LogP contribution is -2.48. The molecule has 0 N–H and O–H groups in total. The minimum atomic E-state index is -0.449. The Morgan fingerprint density at radius 3 is 2.09 bits per heavy atom. The lowest BCUT2D eigenvalue weighted by atomic mass is 9.79. The number of nitrogens with zero attached hydrogens (tertiary/aromatic N) is 1. The van der Waals surface area contributed by atoms with Gasteiger partial charge in [-0.25, -0.2) is 0 Å². The minimum Gasteiger partial charge on any atom is -0.460 e. The monoisotopic (exact) mass is 309 g/mol. The van der Waals surface area contributed by atoms with E-state index in [9.17, 15) is 9.59 Å². The standard InChI is InChI=1S/C18H31NO3/c1-17(2,3)22-16(21)18(4)10-12-19(13-11-18)15(20)14-8-6-5-7-9-14/h14H,5-13H2,1-4H3. The third-order valence-electron chi connectivity index (χ3n) is 5.02. The Morgan fingerprint density at radius 2 is 1.59 bits per heavy atom. The van der Waals surface area contributed by atoms with Gasteiger partial charge in [0.1, 0.15) is 5.60 Å². The molecule has 22 heavy (non-hydrogen) atoms. The molecule has 4 nitrogen and oxygen atoms in total. The van der Waals surface area contributed by atoms with Gasteiger partial charge in [0.15, 0.2) is 0 Å². The predicted octanol–water partition coefficient (Wildman–Crippen LogP) is 3.54. The summed E-state index contributed by atoms with van der Waals surface area (Å²) in [5, 5.41) is 0. The van der Waals surface area contributed by atoms with Crippen LogP contribution >= 0.6 is 0 Å². The van der Waals surface area contributed by atoms with Gasteiger partial charge in [-0.3, -0.25) is 9.59 Å². The third-order valence-corrected chi connectivity index (χ3v) is 5.02. The van der Waals surface area contributed by atoms with Crippen LogP contribution in [0.4, 0.5) is 0 Å². The zero-order valence-corrected chi connectivity index (χ0v) is 14.6. The Balaban J connectivity index is 1.88. The van der Waals surface area contributed by atoms with Crippen molar-refractivity contribution in [3.8, 4) is 0 Å². The van der Waals surface area contributed by atoms with Crippen LogP contribution in [0.1, 0.15) is 72.6 Å². The van der Waals surface area contributed by atoms with Crippen molar-refractivity contribution in [2.75, 3.05) is 13.1 Å². The molecular weight excluding hydrogens is 278 g/mol. The van der Waals surface area contributed by atoms with E-state index in [1.807, 2.05) is 32.6 Å². The third kappa shape index (κ3) is 4.23. The van der Waals surface area contributed by atoms with Gasteiger partial charge in [0, 0.05) is 19.0 Å². The lowest BCUT2D eigenvalue weighted by molar-refractivity contribution is -0.170. The van der Waals surface area contributed by atoms with Crippen molar-refractivity contribution in [2.45, 2.75) is 78.2 Å². The first-order valence-corrected chi connectivity index (χ1v) is 8.73. The maximum atomic E-state index is 12.6. The Labute approximate surface area is 134 Å². The number of ether oxygens (including phenoxy) is 1. The molecule has 0 spiro atoms. The maximum Gasteiger partial charge on any atom is 0.312 e. The number of carbonyl (C=O) groups is 2. The van der Waals surface area contributed by atoms with Crippen LogP contribution in [0.15, 0.2) is 0 Å². The van der Waals surface area contributed by atoms with Crippen molar-refractivity contribution in [3.63, 3.8) is 0 Å². The number of hydrogen-bond acceptors (Lipinski definition) is 3. The molecule has 126 valence electrons. The fraction of sp³-hybridized carbons (Fsp3) is 0.889. The van der Waals surface area contributed by atoms with E-state index in [0.717, 1.165) is 12.8 Å². The van der Waals surface area contributed by atoms with Gasteiger partial charge in [-0.05, 0) is 53.4 Å². The molecule has 0 radical (unpaired) electrons. The number of hydrogen-bond donors (Lipinski definition) is 0. The van der Waals surface area contributed by atoms with Crippen LogP contribution in [0.25, 0.3) is 0 Å². The second kappa shape index (κ2) is 6.59. The Morgan fingerprint density at radius 1 is 1.05 bits per heavy atom. The first-order chi connectivity index (χ1) is 10.2. The van der Waals surface area contributed by atoms with E-state index in [0.29, 0.717) is 31.8 Å². The number of rotatable bonds is 2. The summed E-state index contributed by atoms with van der Waals surface area (Å²) < 4.78 is 5.55. The lowest BCUT2D eigenvalue weighted by Gasteiger charge is -2.40. The van der Waals surface area contributed by atoms with E-state index in [2.05, 4.69) is 0 Å². The molecule has 1 saturated carbocycles. The van der Waals surface area contributed by atoms with Crippen LogP contribution in [-0.2, 0) is 14.3 Å². The van der Waals surface area contributed by atoms with E-state index in [-0.39, 0.29) is 11.9 Å². The summed E-state index contributed by atoms with van der Waals surface area (Å²) in [5.41, 5.74) is -0.897. The molecule has 0 bridgehead atoms. The molecule has 0 aromatic rings. The summed E-state index contributed by atoms with van der Waals surface area (Å²) in [4.78, 5) is 26.9. The van der Waals surface area contributed by atoms with Crippen LogP contribution in [0, 0.1) is 11.3 Å². The van der Waals surface area contributed by atoms with Crippen LogP contribution in [-0.4, -0.2) is 35.5 Å². The highest BCUT2D eigenvalue weighted by Gasteiger charge is 2.41. The minimum absolute atomic E-state index is 0.121. The van der Waals surface area contributed by atoms with E-state index in [1.54, 1.807) is 0 Å². The molecule has 0 aromatic heterocycles. The van der Waals surface area contributed by atoms with Crippen LogP contribution in [0.3, 0.4) is 0 Å². The molecule has 0 aromatic carbocycles. The molecular formula is C18H31NO3. The normalized spacial score (nSPS) is 23.2. The SMILES string of the molecule is CC(C)(C)OC(=O)C1(C)CCN(C(=O)C2CCCCC2)CC1. The first kappa shape index (κ1) is 17.3. The summed E-state index contributed by atoms with van der Waals surface area (Å²) in [5.74, 6) is 0.412. The van der Waals surface area contributed by atoms with E-state index in [4.69, 9.17) is 4.74 Å². The summed E-state index contributed by atoms with van der Waals surface area (Å²) >= 11 is 0. The summed E-state index contributed by atoms with van der Waals surface area (Å²) in [7, 11) is 0. The van der Waals surface area contributed by atoms with Crippen molar-refractivity contribution in [1.82, 2.24) is 4.90 Å². The molecule has 1 aliphatic heterocycles. The maximum absolute atomic E-state index is 12.6. The molecule has 1 heterocycles. The number of amides is 1. The molecule has 1 saturated heterocycles. The molecule has 0 unspecified atom stereocenters. The number of carbonyl (C=O) groups excluding carboxylic acids is 2. The molecule has 4 heteroatoms. The summed E-state index contributed by atoms with van der Waals surface area (Å²) in [6.45, 7) is 9.04. The zero-order chi connectivity index (χ0) is 16.4. The van der Waals surface area contributed by atoms with Gasteiger partial charge in [-0.1, -0.05) is 19.3 Å². The van der Waals surface area contributed by atoms with Crippen molar-refractivity contribution in [1.29, 1.82) is 0 Å². The van der Waals surface area contributed by atoms with Crippen LogP contribution < -0.4 is 0 Å². The van der Waals surface area contributed by atoms with Gasteiger partial charge in [-0.2, -0.15) is 0 Å². The van der Waals surface area contributed by atoms with E-state index < -0.39 is 11.0 Å². The van der Waals surface area contributed by atoms with Crippen LogP contribution in [0.5, 0.6) is 0 Å². The Bertz CT molecular complexity index is 411. The molecule has 1 aliphatic carbocycles. The Kier molecular flexibility index (Phi) is 5.18. The topological polar surface area (TPSA) is 46.6 Å². The van der Waals surface area contributed by atoms with Crippen molar-refractivity contribution < 1.29 is 14.3 Å². The van der Waals surface area contributed by atoms with Crippen molar-refractivity contribution in [3.05, 3.63) is 0 Å². The summed E-state index contributed by atoms with van der Waals surface area (Å²) in [6.07, 6.45) is 7.12. The quantitative estimate of drug-likeness (QED) is 0.733. The Hall–Kier alpha value is -1.06. The predicted molar refractivity (Wildman–Crippen MR) is 86.3 cm³/mol. The highest BCUT2D eigenvalue weighted by atomic mass is 16.6. The number of esters is 1. The van der Waals surface area contributed by atoms with Gasteiger partial charge in [0.25, 0.3) is 0 Å². The van der Waals surface area contributed by atoms with Gasteiger partial charge in [-0.15, -0.1) is 0 Å². The highest BCUT2D eigenvalue weighted by molar-refractivity contribution is 5.80. The molecule has 0 atom stereocenters. The van der Waals surface area contributed by atoms with Gasteiger partial charge in [0.05, 0.1) is 5.41 Å². The summed E-state index contributed by atoms with van der Waals surface area (Å²) in [6, 6.07) is 0. The molecule has 2 aliphatic rings. The second-order valence-corrected chi connectivity index (χ2v) is 8.22. The number of piperidine rings is 1. The average Bonchev–Trinajstić information content (AvgIpc) is 2.46. The molecule has 2 rings (SSSR count). The largest absolute Gasteiger partial charge is 0.460 e. The van der Waals surface area contributed by atoms with Gasteiger partial charge < -0.3 is 9.64 Å². The van der Waals surface area contributed by atoms with Gasteiger partial charge >= 0.3 is 5.97 Å². The van der Waals surface area contributed by atoms with Crippen molar-refractivity contribution >= 4 is 11.9 Å². The van der Waals surface area contributed by atoms with Gasteiger partial charge in [0.2, 0.25) is 5.91 Å². The van der Waals surface area contributed by atoms with Crippen LogP contribution in [0.2, 0.25) is 0 Å². The second-order valence-electron chi connectivity index (χ2n) is 8.22. The van der Waals surface area contributed by atoms with E-state index in [1.165, 1.54) is 19.3 Å². The highest BCUT2D eigenvalue weighted by Crippen LogP contribution is 2.35.